The summed E-state index contributed by atoms with van der Waals surface area (Å²) in [6, 6.07) is 3.20. The molecule has 21 heavy (non-hydrogen) atoms. The minimum atomic E-state index is -1.05. The summed E-state index contributed by atoms with van der Waals surface area (Å²) >= 11 is 3.30. The summed E-state index contributed by atoms with van der Waals surface area (Å²) < 4.78 is 15.9. The molecular formula is C14H15BrO6. The first-order chi connectivity index (χ1) is 9.97. The minimum absolute atomic E-state index is 0.235. The molecule has 7 heteroatoms. The zero-order valence-corrected chi connectivity index (χ0v) is 13.2. The Bertz CT molecular complexity index is 553. The van der Waals surface area contributed by atoms with Crippen molar-refractivity contribution in [1.29, 1.82) is 0 Å². The quantitative estimate of drug-likeness (QED) is 0.595. The van der Waals surface area contributed by atoms with E-state index < -0.39 is 11.9 Å². The van der Waals surface area contributed by atoms with Gasteiger partial charge >= 0.3 is 11.9 Å². The molecule has 0 bridgehead atoms. The normalized spacial score (nSPS) is 10.4. The highest BCUT2D eigenvalue weighted by atomic mass is 79.9. The lowest BCUT2D eigenvalue weighted by molar-refractivity contribution is -0.145. The molecule has 0 saturated carbocycles. The summed E-state index contributed by atoms with van der Waals surface area (Å²) in [5, 5.41) is 8.63. The number of aliphatic carboxylic acids is 1. The molecule has 0 amide bonds. The highest BCUT2D eigenvalue weighted by Gasteiger charge is 2.11. The monoisotopic (exact) mass is 358 g/mol. The van der Waals surface area contributed by atoms with Crippen LogP contribution in [-0.4, -0.2) is 37.4 Å². The van der Waals surface area contributed by atoms with E-state index in [1.807, 2.05) is 0 Å². The molecule has 1 rings (SSSR count). The summed E-state index contributed by atoms with van der Waals surface area (Å²) in [5.74, 6) is -0.800. The number of hydrogen-bond acceptors (Lipinski definition) is 5. The maximum atomic E-state index is 11.3. The van der Waals surface area contributed by atoms with Crippen LogP contribution in [0.5, 0.6) is 11.5 Å². The van der Waals surface area contributed by atoms with Crippen LogP contribution < -0.4 is 9.47 Å². The standard InChI is InChI=1S/C14H15BrO6/c1-3-20-14(18)8-21-12-7-10(15)9(4-5-13(16)17)6-11(12)19-2/h4-7H,3,8H2,1-2H3,(H,16,17)/b5-4+. The van der Waals surface area contributed by atoms with Gasteiger partial charge in [0.2, 0.25) is 0 Å². The molecule has 0 aromatic heterocycles. The summed E-state index contributed by atoms with van der Waals surface area (Å²) in [6.45, 7) is 1.75. The van der Waals surface area contributed by atoms with Crippen molar-refractivity contribution in [3.63, 3.8) is 0 Å². The number of benzene rings is 1. The molecule has 0 fully saturated rings. The van der Waals surface area contributed by atoms with Gasteiger partial charge in [-0.05, 0) is 30.7 Å². The molecule has 0 heterocycles. The molecule has 114 valence electrons. The van der Waals surface area contributed by atoms with Crippen LogP contribution >= 0.6 is 15.9 Å². The Labute approximate surface area is 130 Å². The van der Waals surface area contributed by atoms with E-state index in [9.17, 15) is 9.59 Å². The first-order valence-corrected chi connectivity index (χ1v) is 6.84. The van der Waals surface area contributed by atoms with E-state index >= 15 is 0 Å². The van der Waals surface area contributed by atoms with Gasteiger partial charge in [-0.2, -0.15) is 0 Å². The molecule has 0 atom stereocenters. The average Bonchev–Trinajstić information content (AvgIpc) is 2.44. The second-order valence-corrected chi connectivity index (χ2v) is 4.64. The number of rotatable bonds is 7. The summed E-state index contributed by atoms with van der Waals surface area (Å²) in [6.07, 6.45) is 2.43. The molecule has 1 N–H and O–H groups in total. The Hall–Kier alpha value is -2.02. The molecule has 0 aliphatic rings. The molecule has 0 spiro atoms. The van der Waals surface area contributed by atoms with Gasteiger partial charge in [-0.25, -0.2) is 9.59 Å². The van der Waals surface area contributed by atoms with E-state index in [1.54, 1.807) is 19.1 Å². The lowest BCUT2D eigenvalue weighted by atomic mass is 10.2. The van der Waals surface area contributed by atoms with Gasteiger partial charge in [0.15, 0.2) is 18.1 Å². The van der Waals surface area contributed by atoms with Crippen LogP contribution in [0, 0.1) is 0 Å². The van der Waals surface area contributed by atoms with E-state index in [0.29, 0.717) is 21.5 Å². The average molecular weight is 359 g/mol. The number of hydrogen-bond donors (Lipinski definition) is 1. The van der Waals surface area contributed by atoms with Gasteiger partial charge in [0, 0.05) is 10.5 Å². The number of carbonyl (C=O) groups is 2. The predicted octanol–water partition coefficient (Wildman–Crippen LogP) is 2.50. The fourth-order valence-corrected chi connectivity index (χ4v) is 1.91. The van der Waals surface area contributed by atoms with E-state index in [1.165, 1.54) is 13.2 Å². The molecule has 1 aromatic rings. The van der Waals surface area contributed by atoms with Gasteiger partial charge in [-0.3, -0.25) is 0 Å². The van der Waals surface area contributed by atoms with Crippen LogP contribution in [-0.2, 0) is 14.3 Å². The molecule has 0 aliphatic heterocycles. The van der Waals surface area contributed by atoms with Crippen molar-refractivity contribution in [3.8, 4) is 11.5 Å². The fourth-order valence-electron chi connectivity index (χ4n) is 1.45. The smallest absolute Gasteiger partial charge is 0.344 e. The topological polar surface area (TPSA) is 82.1 Å². The molecule has 0 aliphatic carbocycles. The molecule has 0 saturated heterocycles. The third-order valence-electron chi connectivity index (χ3n) is 2.34. The second-order valence-electron chi connectivity index (χ2n) is 3.79. The Morgan fingerprint density at radius 2 is 2.05 bits per heavy atom. The van der Waals surface area contributed by atoms with Crippen molar-refractivity contribution < 1.29 is 28.9 Å². The Morgan fingerprint density at radius 1 is 1.33 bits per heavy atom. The van der Waals surface area contributed by atoms with Gasteiger partial charge in [0.1, 0.15) is 0 Å². The Balaban J connectivity index is 2.93. The third-order valence-corrected chi connectivity index (χ3v) is 3.03. The zero-order valence-electron chi connectivity index (χ0n) is 11.6. The predicted molar refractivity (Wildman–Crippen MR) is 79.5 cm³/mol. The second kappa shape index (κ2) is 8.31. The van der Waals surface area contributed by atoms with Crippen LogP contribution in [0.25, 0.3) is 6.08 Å². The number of ether oxygens (including phenoxy) is 3. The maximum absolute atomic E-state index is 11.3. The van der Waals surface area contributed by atoms with Gasteiger partial charge < -0.3 is 19.3 Å². The summed E-state index contributed by atoms with van der Waals surface area (Å²) in [4.78, 5) is 21.8. The summed E-state index contributed by atoms with van der Waals surface area (Å²) in [7, 11) is 1.45. The SMILES string of the molecule is CCOC(=O)COc1cc(Br)c(/C=C/C(=O)O)cc1OC. The van der Waals surface area contributed by atoms with E-state index in [-0.39, 0.29) is 13.2 Å². The van der Waals surface area contributed by atoms with Gasteiger partial charge in [0.05, 0.1) is 13.7 Å². The molecule has 1 aromatic carbocycles. The number of carbonyl (C=O) groups excluding carboxylic acids is 1. The van der Waals surface area contributed by atoms with Crippen LogP contribution in [0.3, 0.4) is 0 Å². The highest BCUT2D eigenvalue weighted by molar-refractivity contribution is 9.10. The minimum Gasteiger partial charge on any atom is -0.493 e. The van der Waals surface area contributed by atoms with Crippen LogP contribution in [0.2, 0.25) is 0 Å². The maximum Gasteiger partial charge on any atom is 0.344 e. The first kappa shape index (κ1) is 17.0. The third kappa shape index (κ3) is 5.47. The molecule has 0 radical (unpaired) electrons. The molecular weight excluding hydrogens is 344 g/mol. The largest absolute Gasteiger partial charge is 0.493 e. The van der Waals surface area contributed by atoms with Crippen LogP contribution in [0.15, 0.2) is 22.7 Å². The lowest BCUT2D eigenvalue weighted by Crippen LogP contribution is -2.14. The zero-order chi connectivity index (χ0) is 15.8. The van der Waals surface area contributed by atoms with E-state index in [4.69, 9.17) is 19.3 Å². The number of halogens is 1. The van der Waals surface area contributed by atoms with Crippen molar-refractivity contribution in [2.24, 2.45) is 0 Å². The van der Waals surface area contributed by atoms with Gasteiger partial charge in [-0.15, -0.1) is 0 Å². The van der Waals surface area contributed by atoms with Gasteiger partial charge in [-0.1, -0.05) is 15.9 Å². The van der Waals surface area contributed by atoms with E-state index in [2.05, 4.69) is 15.9 Å². The van der Waals surface area contributed by atoms with Crippen molar-refractivity contribution in [2.45, 2.75) is 6.92 Å². The number of methoxy groups -OCH3 is 1. The van der Waals surface area contributed by atoms with E-state index in [0.717, 1.165) is 6.08 Å². The summed E-state index contributed by atoms with van der Waals surface area (Å²) in [5.41, 5.74) is 0.609. The van der Waals surface area contributed by atoms with Gasteiger partial charge in [0.25, 0.3) is 0 Å². The number of carboxylic acid groups (broad SMARTS) is 1. The fraction of sp³-hybridized carbons (Fsp3) is 0.286. The lowest BCUT2D eigenvalue weighted by Gasteiger charge is -2.12. The molecule has 6 nitrogen and oxygen atoms in total. The van der Waals surface area contributed by atoms with Crippen molar-refractivity contribution in [2.75, 3.05) is 20.3 Å². The number of esters is 1. The van der Waals surface area contributed by atoms with Crippen molar-refractivity contribution in [1.82, 2.24) is 0 Å². The van der Waals surface area contributed by atoms with Crippen LogP contribution in [0.1, 0.15) is 12.5 Å². The number of carboxylic acids is 1. The first-order valence-electron chi connectivity index (χ1n) is 6.04. The Kier molecular flexibility index (Phi) is 6.74. The van der Waals surface area contributed by atoms with Crippen LogP contribution in [0.4, 0.5) is 0 Å². The van der Waals surface area contributed by atoms with Crippen molar-refractivity contribution in [3.05, 3.63) is 28.2 Å². The molecule has 0 unspecified atom stereocenters. The highest BCUT2D eigenvalue weighted by Crippen LogP contribution is 2.34. The Morgan fingerprint density at radius 3 is 2.62 bits per heavy atom. The van der Waals surface area contributed by atoms with Crippen molar-refractivity contribution >= 4 is 33.9 Å².